The average Bonchev–Trinajstić information content (AvgIpc) is 3.50. The molecule has 0 radical (unpaired) electrons. The molecule has 0 aliphatic carbocycles. The van der Waals surface area contributed by atoms with E-state index < -0.39 is 5.91 Å². The van der Waals surface area contributed by atoms with Gasteiger partial charge in [0.05, 0.1) is 0 Å². The van der Waals surface area contributed by atoms with Gasteiger partial charge in [-0.3, -0.25) is 14.3 Å². The van der Waals surface area contributed by atoms with Crippen molar-refractivity contribution in [2.75, 3.05) is 10.6 Å². The van der Waals surface area contributed by atoms with E-state index in [0.29, 0.717) is 23.8 Å². The van der Waals surface area contributed by atoms with Crippen LogP contribution in [0.2, 0.25) is 0 Å². The van der Waals surface area contributed by atoms with E-state index in [1.165, 1.54) is 0 Å². The molecule has 5 rings (SSSR count). The highest BCUT2D eigenvalue weighted by molar-refractivity contribution is 7.10. The molecule has 150 valence electrons. The summed E-state index contributed by atoms with van der Waals surface area (Å²) in [6.07, 6.45) is 0.296. The lowest BCUT2D eigenvalue weighted by molar-refractivity contribution is -0.116. The van der Waals surface area contributed by atoms with Gasteiger partial charge in [-0.15, -0.1) is 11.3 Å². The number of nitrogens with zero attached hydrogens (tertiary/aromatic N) is 3. The Labute approximate surface area is 175 Å². The van der Waals surface area contributed by atoms with Gasteiger partial charge in [-0.2, -0.15) is 5.10 Å². The van der Waals surface area contributed by atoms with Crippen LogP contribution in [0.4, 0.5) is 11.6 Å². The maximum absolute atomic E-state index is 12.8. The largest absolute Gasteiger partial charge is 0.355 e. The number of aromatic nitrogens is 3. The molecule has 0 fully saturated rings. The Hall–Kier alpha value is -3.72. The molecule has 1 aliphatic rings. The van der Waals surface area contributed by atoms with Crippen LogP contribution < -0.4 is 10.6 Å². The summed E-state index contributed by atoms with van der Waals surface area (Å²) in [7, 11) is 1.73. The molecule has 1 aliphatic heterocycles. The van der Waals surface area contributed by atoms with Crippen molar-refractivity contribution in [3.05, 3.63) is 70.0 Å². The Morgan fingerprint density at radius 2 is 2.10 bits per heavy atom. The summed E-state index contributed by atoms with van der Waals surface area (Å²) >= 11 is 1.57. The first kappa shape index (κ1) is 18.3. The zero-order valence-corrected chi connectivity index (χ0v) is 16.8. The minimum atomic E-state index is -0.427. The molecular weight excluding hydrogens is 402 g/mol. The molecule has 1 aromatic carbocycles. The molecule has 9 heteroatoms. The third-order valence-corrected chi connectivity index (χ3v) is 5.99. The van der Waals surface area contributed by atoms with Crippen molar-refractivity contribution in [3.63, 3.8) is 0 Å². The van der Waals surface area contributed by atoms with Crippen molar-refractivity contribution >= 4 is 34.8 Å². The smallest absolute Gasteiger partial charge is 0.279 e. The molecule has 2 amide bonds. The molecule has 30 heavy (non-hydrogen) atoms. The zero-order valence-electron chi connectivity index (χ0n) is 16.0. The predicted octanol–water partition coefficient (Wildman–Crippen LogP) is 3.86. The van der Waals surface area contributed by atoms with E-state index in [-0.39, 0.29) is 17.5 Å². The summed E-state index contributed by atoms with van der Waals surface area (Å²) < 4.78 is 6.90. The highest BCUT2D eigenvalue weighted by Crippen LogP contribution is 2.42. The van der Waals surface area contributed by atoms with Gasteiger partial charge in [0.25, 0.3) is 5.91 Å². The van der Waals surface area contributed by atoms with Crippen molar-refractivity contribution < 1.29 is 14.1 Å². The summed E-state index contributed by atoms with van der Waals surface area (Å²) in [5.74, 6) is 0.821. The van der Waals surface area contributed by atoms with Crippen molar-refractivity contribution in [1.29, 1.82) is 0 Å². The Bertz CT molecular complexity index is 1230. The molecule has 4 heterocycles. The molecular formula is C21H17N5O3S. The number of benzene rings is 1. The Balaban J connectivity index is 1.46. The standard InChI is InChI=1S/C21H17N5O3S/c1-26-20-18(13(10-17(27)22-20)16-8-5-9-30-16)19(24-26)23-21(28)14-11-15(29-25-14)12-6-3-2-4-7-12/h2-9,11,13H,10H2,1H3,(H,22,27)(H,23,24,28). The van der Waals surface area contributed by atoms with Crippen molar-refractivity contribution in [1.82, 2.24) is 14.9 Å². The zero-order chi connectivity index (χ0) is 20.7. The number of nitrogens with one attached hydrogen (secondary N) is 2. The first-order chi connectivity index (χ1) is 14.6. The summed E-state index contributed by atoms with van der Waals surface area (Å²) in [5.41, 5.74) is 1.78. The fourth-order valence-electron chi connectivity index (χ4n) is 3.61. The monoisotopic (exact) mass is 419 g/mol. The second kappa shape index (κ2) is 7.27. The van der Waals surface area contributed by atoms with Gasteiger partial charge < -0.3 is 15.2 Å². The van der Waals surface area contributed by atoms with Crippen LogP contribution in [0.1, 0.15) is 33.3 Å². The number of thiophene rings is 1. The topological polar surface area (TPSA) is 102 Å². The van der Waals surface area contributed by atoms with Crippen LogP contribution in [-0.4, -0.2) is 26.8 Å². The van der Waals surface area contributed by atoms with E-state index in [1.807, 2.05) is 47.8 Å². The molecule has 3 aromatic heterocycles. The van der Waals surface area contributed by atoms with Crippen LogP contribution in [-0.2, 0) is 11.8 Å². The summed E-state index contributed by atoms with van der Waals surface area (Å²) in [6.45, 7) is 0. The van der Waals surface area contributed by atoms with Crippen LogP contribution in [0.15, 0.2) is 58.4 Å². The lowest BCUT2D eigenvalue weighted by Crippen LogP contribution is -2.24. The second-order valence-corrected chi connectivity index (χ2v) is 7.93. The predicted molar refractivity (Wildman–Crippen MR) is 113 cm³/mol. The van der Waals surface area contributed by atoms with E-state index in [4.69, 9.17) is 4.52 Å². The van der Waals surface area contributed by atoms with Gasteiger partial charge in [0.2, 0.25) is 5.91 Å². The lowest BCUT2D eigenvalue weighted by atomic mass is 9.92. The Kier molecular flexibility index (Phi) is 4.44. The third kappa shape index (κ3) is 3.18. The fourth-order valence-corrected chi connectivity index (χ4v) is 4.44. The van der Waals surface area contributed by atoms with E-state index >= 15 is 0 Å². The number of carbonyl (C=O) groups excluding carboxylic acids is 2. The van der Waals surface area contributed by atoms with Gasteiger partial charge in [-0.05, 0) is 11.4 Å². The van der Waals surface area contributed by atoms with Crippen molar-refractivity contribution in [3.8, 4) is 11.3 Å². The molecule has 1 unspecified atom stereocenters. The highest BCUT2D eigenvalue weighted by atomic mass is 32.1. The molecule has 4 aromatic rings. The quantitative estimate of drug-likeness (QED) is 0.523. The molecule has 0 spiro atoms. The minimum absolute atomic E-state index is 0.0780. The van der Waals surface area contributed by atoms with Crippen LogP contribution in [0.25, 0.3) is 11.3 Å². The minimum Gasteiger partial charge on any atom is -0.355 e. The normalized spacial score (nSPS) is 15.5. The SMILES string of the molecule is Cn1nc(NC(=O)c2cc(-c3ccccc3)on2)c2c1NC(=O)CC2c1cccs1. The Morgan fingerprint density at radius 1 is 1.27 bits per heavy atom. The number of amides is 2. The van der Waals surface area contributed by atoms with Crippen LogP contribution in [0.5, 0.6) is 0 Å². The number of fused-ring (bicyclic) bond motifs is 1. The van der Waals surface area contributed by atoms with E-state index in [2.05, 4.69) is 20.9 Å². The summed E-state index contributed by atoms with van der Waals surface area (Å²) in [6, 6.07) is 15.0. The maximum atomic E-state index is 12.8. The third-order valence-electron chi connectivity index (χ3n) is 5.00. The van der Waals surface area contributed by atoms with Gasteiger partial charge in [-0.1, -0.05) is 41.6 Å². The first-order valence-corrected chi connectivity index (χ1v) is 10.2. The number of carbonyl (C=O) groups is 2. The summed E-state index contributed by atoms with van der Waals surface area (Å²) in [5, 5.41) is 16.0. The number of aryl methyl sites for hydroxylation is 1. The van der Waals surface area contributed by atoms with Gasteiger partial charge in [0.1, 0.15) is 5.82 Å². The van der Waals surface area contributed by atoms with Crippen LogP contribution in [0.3, 0.4) is 0 Å². The maximum Gasteiger partial charge on any atom is 0.279 e. The first-order valence-electron chi connectivity index (χ1n) is 9.34. The van der Waals surface area contributed by atoms with Crippen LogP contribution in [0, 0.1) is 0 Å². The number of anilines is 2. The van der Waals surface area contributed by atoms with E-state index in [0.717, 1.165) is 16.0 Å². The van der Waals surface area contributed by atoms with Gasteiger partial charge in [0, 0.05) is 41.5 Å². The van der Waals surface area contributed by atoms with E-state index in [9.17, 15) is 9.59 Å². The average molecular weight is 419 g/mol. The lowest BCUT2D eigenvalue weighted by Gasteiger charge is -2.22. The molecule has 0 bridgehead atoms. The fraction of sp³-hybridized carbons (Fsp3) is 0.143. The number of rotatable bonds is 4. The van der Waals surface area contributed by atoms with Gasteiger partial charge >= 0.3 is 0 Å². The van der Waals surface area contributed by atoms with Gasteiger partial charge in [0.15, 0.2) is 17.3 Å². The Morgan fingerprint density at radius 3 is 2.87 bits per heavy atom. The molecule has 8 nitrogen and oxygen atoms in total. The molecule has 2 N–H and O–H groups in total. The molecule has 1 atom stereocenters. The van der Waals surface area contributed by atoms with Crippen molar-refractivity contribution in [2.45, 2.75) is 12.3 Å². The van der Waals surface area contributed by atoms with Crippen LogP contribution >= 0.6 is 11.3 Å². The number of hydrogen-bond donors (Lipinski definition) is 2. The number of hydrogen-bond acceptors (Lipinski definition) is 6. The summed E-state index contributed by atoms with van der Waals surface area (Å²) in [4.78, 5) is 26.1. The highest BCUT2D eigenvalue weighted by Gasteiger charge is 2.34. The molecule has 0 saturated carbocycles. The molecule has 0 saturated heterocycles. The second-order valence-electron chi connectivity index (χ2n) is 6.95. The van der Waals surface area contributed by atoms with E-state index in [1.54, 1.807) is 29.1 Å². The van der Waals surface area contributed by atoms with Gasteiger partial charge in [-0.25, -0.2) is 0 Å². The van der Waals surface area contributed by atoms with Crippen molar-refractivity contribution in [2.24, 2.45) is 7.05 Å².